The molecule has 10 heteroatoms. The molecule has 0 spiro atoms. The van der Waals surface area contributed by atoms with E-state index >= 15 is 0 Å². The number of ether oxygens (including phenoxy) is 2. The zero-order valence-corrected chi connectivity index (χ0v) is 19.5. The zero-order valence-electron chi connectivity index (χ0n) is 17.8. The van der Waals surface area contributed by atoms with Gasteiger partial charge in [-0.05, 0) is 62.4 Å². The average molecular weight is 484 g/mol. The normalized spacial score (nSPS) is 11.5. The number of nitrogens with one attached hydrogen (secondary N) is 1. The number of hydrogen-bond donors (Lipinski definition) is 3. The van der Waals surface area contributed by atoms with Crippen LogP contribution >= 0.6 is 18.9 Å². The van der Waals surface area contributed by atoms with E-state index in [1.807, 2.05) is 38.1 Å². The van der Waals surface area contributed by atoms with Crippen molar-refractivity contribution < 1.29 is 28.6 Å². The van der Waals surface area contributed by atoms with Crippen LogP contribution in [0.5, 0.6) is 17.2 Å². The van der Waals surface area contributed by atoms with Crippen LogP contribution < -0.4 is 20.1 Å². The van der Waals surface area contributed by atoms with Gasteiger partial charge in [0.05, 0.1) is 21.6 Å². The first-order chi connectivity index (χ1) is 15.7. The summed E-state index contributed by atoms with van der Waals surface area (Å²) in [6.45, 7) is 3.74. The molecule has 0 atom stereocenters. The van der Waals surface area contributed by atoms with Crippen molar-refractivity contribution in [3.05, 3.63) is 72.3 Å². The highest BCUT2D eigenvalue weighted by Gasteiger charge is 2.17. The molecule has 0 saturated heterocycles. The summed E-state index contributed by atoms with van der Waals surface area (Å²) in [4.78, 5) is 35.9. The van der Waals surface area contributed by atoms with Crippen LogP contribution in [-0.2, 0) is 4.57 Å². The monoisotopic (exact) mass is 484 g/mol. The highest BCUT2D eigenvalue weighted by Crippen LogP contribution is 2.34. The quantitative estimate of drug-likeness (QED) is 0.318. The maximum absolute atomic E-state index is 12.9. The largest absolute Gasteiger partial charge is 0.491 e. The fourth-order valence-corrected chi connectivity index (χ4v) is 4.44. The molecule has 0 saturated carbocycles. The Morgan fingerprint density at radius 1 is 1.00 bits per heavy atom. The lowest BCUT2D eigenvalue weighted by Gasteiger charge is -2.14. The van der Waals surface area contributed by atoms with Gasteiger partial charge in [-0.3, -0.25) is 14.7 Å². The van der Waals surface area contributed by atoms with Gasteiger partial charge >= 0.3 is 7.60 Å². The Balaban J connectivity index is 1.59. The number of amides is 1. The number of fused-ring (bicyclic) bond motifs is 1. The summed E-state index contributed by atoms with van der Waals surface area (Å²) in [7, 11) is -4.34. The molecule has 1 aromatic heterocycles. The van der Waals surface area contributed by atoms with Gasteiger partial charge in [0.25, 0.3) is 5.91 Å². The van der Waals surface area contributed by atoms with E-state index in [1.165, 1.54) is 35.6 Å². The predicted octanol–water partition coefficient (Wildman–Crippen LogP) is 4.93. The first-order valence-corrected chi connectivity index (χ1v) is 12.4. The Hall–Kier alpha value is -3.23. The third kappa shape index (κ3) is 5.77. The molecule has 0 aliphatic rings. The Bertz CT molecular complexity index is 1310. The Morgan fingerprint density at radius 3 is 2.36 bits per heavy atom. The van der Waals surface area contributed by atoms with Gasteiger partial charge in [-0.15, -0.1) is 0 Å². The number of rotatable bonds is 7. The Morgan fingerprint density at radius 2 is 1.70 bits per heavy atom. The summed E-state index contributed by atoms with van der Waals surface area (Å²) >= 11 is 1.38. The molecule has 4 rings (SSSR count). The third-order valence-electron chi connectivity index (χ3n) is 4.44. The number of thiazole rings is 1. The van der Waals surface area contributed by atoms with Crippen molar-refractivity contribution in [1.82, 2.24) is 4.98 Å². The van der Waals surface area contributed by atoms with Crippen LogP contribution in [0.2, 0.25) is 0 Å². The topological polar surface area (TPSA) is 118 Å². The number of carbonyl (C=O) groups excluding carboxylic acids is 1. The van der Waals surface area contributed by atoms with E-state index in [2.05, 4.69) is 10.3 Å². The number of nitrogens with zero attached hydrogens (tertiary/aromatic N) is 1. The molecule has 4 aromatic rings. The van der Waals surface area contributed by atoms with Crippen LogP contribution in [0.4, 0.5) is 5.13 Å². The van der Waals surface area contributed by atoms with E-state index in [9.17, 15) is 19.1 Å². The summed E-state index contributed by atoms with van der Waals surface area (Å²) < 4.78 is 23.9. The van der Waals surface area contributed by atoms with Crippen molar-refractivity contribution in [3.63, 3.8) is 0 Å². The maximum atomic E-state index is 12.9. The first-order valence-electron chi connectivity index (χ1n) is 10.00. The van der Waals surface area contributed by atoms with Crippen LogP contribution in [0.1, 0.15) is 24.2 Å². The SMILES string of the molecule is CC(C)Oc1cc(Oc2ccc(P(=O)(O)O)cc2)cc(C(=O)Nc2nc3ccccc3s2)c1. The number of benzene rings is 3. The van der Waals surface area contributed by atoms with Gasteiger partial charge in [-0.1, -0.05) is 23.5 Å². The second-order valence-corrected chi connectivity index (χ2v) is 10.1. The third-order valence-corrected chi connectivity index (χ3v) is 6.36. The lowest BCUT2D eigenvalue weighted by atomic mass is 10.2. The smallest absolute Gasteiger partial charge is 0.356 e. The lowest BCUT2D eigenvalue weighted by Crippen LogP contribution is -2.13. The molecule has 33 heavy (non-hydrogen) atoms. The van der Waals surface area contributed by atoms with Gasteiger partial charge < -0.3 is 19.3 Å². The Kier molecular flexibility index (Phi) is 6.49. The molecule has 3 N–H and O–H groups in total. The molecule has 170 valence electrons. The molecular formula is C23H21N2O6PS. The molecule has 3 aromatic carbocycles. The van der Waals surface area contributed by atoms with Gasteiger partial charge in [0.15, 0.2) is 5.13 Å². The second kappa shape index (κ2) is 9.33. The van der Waals surface area contributed by atoms with Crippen molar-refractivity contribution in [2.75, 3.05) is 5.32 Å². The molecule has 0 aliphatic carbocycles. The van der Waals surface area contributed by atoms with Gasteiger partial charge in [0.2, 0.25) is 0 Å². The van der Waals surface area contributed by atoms with Gasteiger partial charge in [0.1, 0.15) is 17.2 Å². The highest BCUT2D eigenvalue weighted by molar-refractivity contribution is 7.60. The molecule has 1 heterocycles. The molecule has 0 radical (unpaired) electrons. The molecule has 8 nitrogen and oxygen atoms in total. The average Bonchev–Trinajstić information content (AvgIpc) is 3.15. The zero-order chi connectivity index (χ0) is 23.6. The first kappa shape index (κ1) is 22.9. The number of hydrogen-bond acceptors (Lipinski definition) is 6. The summed E-state index contributed by atoms with van der Waals surface area (Å²) in [6, 6.07) is 17.9. The molecular weight excluding hydrogens is 463 g/mol. The minimum atomic E-state index is -4.34. The summed E-state index contributed by atoms with van der Waals surface area (Å²) in [5.74, 6) is 0.770. The predicted molar refractivity (Wildman–Crippen MR) is 128 cm³/mol. The number of para-hydroxylation sites is 1. The molecule has 1 amide bonds. The van der Waals surface area contributed by atoms with Gasteiger partial charge in [-0.25, -0.2) is 4.98 Å². The van der Waals surface area contributed by atoms with E-state index in [0.717, 1.165) is 10.2 Å². The number of aromatic nitrogens is 1. The number of carbonyl (C=O) groups is 1. The van der Waals surface area contributed by atoms with Crippen molar-refractivity contribution >= 4 is 45.5 Å². The van der Waals surface area contributed by atoms with Crippen molar-refractivity contribution in [3.8, 4) is 17.2 Å². The minimum Gasteiger partial charge on any atom is -0.491 e. The van der Waals surface area contributed by atoms with E-state index in [4.69, 9.17) is 9.47 Å². The number of anilines is 1. The van der Waals surface area contributed by atoms with Crippen molar-refractivity contribution in [2.45, 2.75) is 20.0 Å². The second-order valence-electron chi connectivity index (χ2n) is 7.44. The fourth-order valence-electron chi connectivity index (χ4n) is 3.04. The maximum Gasteiger partial charge on any atom is 0.356 e. The molecule has 0 aliphatic heterocycles. The van der Waals surface area contributed by atoms with E-state index in [-0.39, 0.29) is 17.3 Å². The van der Waals surface area contributed by atoms with Gasteiger partial charge in [0, 0.05) is 11.6 Å². The van der Waals surface area contributed by atoms with Crippen LogP contribution in [0, 0.1) is 0 Å². The van der Waals surface area contributed by atoms with Crippen molar-refractivity contribution in [2.24, 2.45) is 0 Å². The molecule has 0 fully saturated rings. The molecule has 0 unspecified atom stereocenters. The van der Waals surface area contributed by atoms with E-state index < -0.39 is 7.60 Å². The van der Waals surface area contributed by atoms with E-state index in [0.29, 0.717) is 27.9 Å². The minimum absolute atomic E-state index is 0.109. The molecule has 0 bridgehead atoms. The standard InChI is InChI=1S/C23H21N2O6PS/c1-14(2)30-17-11-15(22(26)25-23-24-20-5-3-4-6-21(20)33-23)12-18(13-17)31-16-7-9-19(10-8-16)32(27,28)29/h3-14H,1-2H3,(H,24,25,26)(H2,27,28,29). The lowest BCUT2D eigenvalue weighted by molar-refractivity contribution is 0.102. The van der Waals surface area contributed by atoms with Crippen LogP contribution in [0.3, 0.4) is 0 Å². The highest BCUT2D eigenvalue weighted by atomic mass is 32.1. The van der Waals surface area contributed by atoms with E-state index in [1.54, 1.807) is 18.2 Å². The summed E-state index contributed by atoms with van der Waals surface area (Å²) in [6.07, 6.45) is -0.122. The summed E-state index contributed by atoms with van der Waals surface area (Å²) in [5.41, 5.74) is 1.12. The van der Waals surface area contributed by atoms with Gasteiger partial charge in [-0.2, -0.15) is 0 Å². The summed E-state index contributed by atoms with van der Waals surface area (Å²) in [5, 5.41) is 3.18. The van der Waals surface area contributed by atoms with Crippen LogP contribution in [0.15, 0.2) is 66.7 Å². The fraction of sp³-hybridized carbons (Fsp3) is 0.130. The van der Waals surface area contributed by atoms with Crippen LogP contribution in [-0.4, -0.2) is 26.8 Å². The van der Waals surface area contributed by atoms with Crippen molar-refractivity contribution in [1.29, 1.82) is 0 Å². The van der Waals surface area contributed by atoms with Crippen LogP contribution in [0.25, 0.3) is 10.2 Å². The Labute approximate surface area is 194 Å².